The van der Waals surface area contributed by atoms with Gasteiger partial charge in [-0.15, -0.1) is 5.10 Å². The highest BCUT2D eigenvalue weighted by atomic mass is 19.3. The number of morpholine rings is 1. The molecule has 6 heterocycles. The van der Waals surface area contributed by atoms with Crippen molar-refractivity contribution < 1.29 is 13.5 Å². The summed E-state index contributed by atoms with van der Waals surface area (Å²) < 4.78 is 38.2. The van der Waals surface area contributed by atoms with E-state index in [1.54, 1.807) is 27.8 Å². The number of nitrogens with zero attached hydrogens (tertiary/aromatic N) is 9. The number of ether oxygens (including phenoxy) is 1. The van der Waals surface area contributed by atoms with E-state index >= 15 is 0 Å². The molecule has 0 spiro atoms. The van der Waals surface area contributed by atoms with E-state index in [0.717, 1.165) is 51.1 Å². The Bertz CT molecular complexity index is 1370. The highest BCUT2D eigenvalue weighted by Crippen LogP contribution is 2.34. The summed E-state index contributed by atoms with van der Waals surface area (Å²) in [6.45, 7) is 1.55. The van der Waals surface area contributed by atoms with Crippen molar-refractivity contribution in [3.8, 4) is 16.9 Å². The minimum absolute atomic E-state index is 0.145. The Morgan fingerprint density at radius 1 is 1.09 bits per heavy atom. The third-order valence-electron chi connectivity index (χ3n) is 7.46. The molecule has 2 atom stereocenters. The van der Waals surface area contributed by atoms with Gasteiger partial charge in [0, 0.05) is 12.7 Å². The van der Waals surface area contributed by atoms with Crippen molar-refractivity contribution in [2.75, 3.05) is 18.1 Å². The second-order valence-electron chi connectivity index (χ2n) is 9.63. The molecule has 0 radical (unpaired) electrons. The molecule has 1 saturated carbocycles. The number of rotatable bonds is 5. The summed E-state index contributed by atoms with van der Waals surface area (Å²) in [5.74, 6) is 0.871. The van der Waals surface area contributed by atoms with Gasteiger partial charge in [0.1, 0.15) is 17.2 Å². The topological polar surface area (TPSA) is 91.2 Å². The van der Waals surface area contributed by atoms with E-state index in [0.29, 0.717) is 22.9 Å². The average Bonchev–Trinajstić information content (AvgIpc) is 3.70. The predicted molar refractivity (Wildman–Crippen MR) is 122 cm³/mol. The fraction of sp³-hybridized carbons (Fsp3) is 0.522. The number of aromatic nitrogens is 8. The minimum Gasteiger partial charge on any atom is -0.374 e. The Balaban J connectivity index is 1.23. The first-order chi connectivity index (χ1) is 17.1. The molecule has 1 aliphatic carbocycles. The van der Waals surface area contributed by atoms with Gasteiger partial charge in [-0.1, -0.05) is 24.5 Å². The maximum atomic E-state index is 13.9. The van der Waals surface area contributed by atoms with E-state index < -0.39 is 6.43 Å². The lowest BCUT2D eigenvalue weighted by Crippen LogP contribution is -2.37. The van der Waals surface area contributed by atoms with Crippen LogP contribution in [0.25, 0.3) is 22.6 Å². The number of fused-ring (bicyclic) bond motifs is 3. The molecule has 0 unspecified atom stereocenters. The molecule has 4 aromatic heterocycles. The molecular formula is C23H25F2N9O. The van der Waals surface area contributed by atoms with Gasteiger partial charge in [-0.25, -0.2) is 23.0 Å². The van der Waals surface area contributed by atoms with Gasteiger partial charge in [-0.3, -0.25) is 4.68 Å². The van der Waals surface area contributed by atoms with Gasteiger partial charge in [0.05, 0.1) is 48.9 Å². The third-order valence-corrected chi connectivity index (χ3v) is 7.46. The zero-order valence-corrected chi connectivity index (χ0v) is 19.0. The van der Waals surface area contributed by atoms with E-state index in [1.807, 2.05) is 12.3 Å². The molecule has 0 N–H and O–H groups in total. The van der Waals surface area contributed by atoms with Gasteiger partial charge in [-0.05, 0) is 25.3 Å². The molecule has 4 aromatic rings. The van der Waals surface area contributed by atoms with Crippen molar-refractivity contribution >= 4 is 11.5 Å². The van der Waals surface area contributed by atoms with Crippen LogP contribution in [0.5, 0.6) is 0 Å². The van der Waals surface area contributed by atoms with Crippen LogP contribution in [0.2, 0.25) is 0 Å². The highest BCUT2D eigenvalue weighted by molar-refractivity contribution is 5.75. The molecule has 0 aromatic carbocycles. The molecule has 3 fully saturated rings. The van der Waals surface area contributed by atoms with Crippen LogP contribution in [0.15, 0.2) is 30.9 Å². The molecule has 3 aliphatic rings. The van der Waals surface area contributed by atoms with Gasteiger partial charge >= 0.3 is 0 Å². The fourth-order valence-electron chi connectivity index (χ4n) is 5.65. The number of hydrogen-bond donors (Lipinski definition) is 0. The quantitative estimate of drug-likeness (QED) is 0.430. The summed E-state index contributed by atoms with van der Waals surface area (Å²) in [6.07, 6.45) is 10.7. The van der Waals surface area contributed by atoms with E-state index in [1.165, 1.54) is 11.1 Å². The van der Waals surface area contributed by atoms with Gasteiger partial charge < -0.3 is 9.64 Å². The summed E-state index contributed by atoms with van der Waals surface area (Å²) in [5, 5.41) is 17.1. The summed E-state index contributed by atoms with van der Waals surface area (Å²) in [4.78, 5) is 7.14. The zero-order valence-electron chi connectivity index (χ0n) is 19.0. The standard InChI is InChI=1S/C23H25F2N9O/c24-22(25)21-19(12-33(29-21)14-4-2-1-3-5-14)34-11-18(28-30-34)17-9-26-32-7-6-20(27-23(17)32)31-10-16-8-15(31)13-35-16/h6-7,9,11-12,14-16,22H,1-5,8,10,13H2/t15-,16-/m1/s1. The van der Waals surface area contributed by atoms with Crippen LogP contribution in [-0.4, -0.2) is 64.7 Å². The Morgan fingerprint density at radius 2 is 1.97 bits per heavy atom. The smallest absolute Gasteiger partial charge is 0.284 e. The van der Waals surface area contributed by atoms with Crippen molar-refractivity contribution in [3.05, 3.63) is 36.5 Å². The molecule has 7 rings (SSSR count). The first kappa shape index (κ1) is 20.9. The second kappa shape index (κ2) is 8.08. The van der Waals surface area contributed by atoms with Crippen LogP contribution in [0.4, 0.5) is 14.6 Å². The van der Waals surface area contributed by atoms with Gasteiger partial charge in [-0.2, -0.15) is 10.2 Å². The molecular weight excluding hydrogens is 456 g/mol. The lowest BCUT2D eigenvalue weighted by atomic mass is 9.96. The van der Waals surface area contributed by atoms with Crippen LogP contribution in [0.3, 0.4) is 0 Å². The summed E-state index contributed by atoms with van der Waals surface area (Å²) in [7, 11) is 0. The third kappa shape index (κ3) is 3.49. The van der Waals surface area contributed by atoms with Crippen molar-refractivity contribution in [2.24, 2.45) is 0 Å². The number of hydrogen-bond acceptors (Lipinski definition) is 7. The molecule has 12 heteroatoms. The molecule has 2 aliphatic heterocycles. The Labute approximate surface area is 199 Å². The lowest BCUT2D eigenvalue weighted by Gasteiger charge is -2.27. The molecule has 10 nitrogen and oxygen atoms in total. The average molecular weight is 482 g/mol. The normalized spacial score (nSPS) is 22.8. The van der Waals surface area contributed by atoms with Crippen LogP contribution >= 0.6 is 0 Å². The van der Waals surface area contributed by atoms with Gasteiger partial charge in [0.15, 0.2) is 11.3 Å². The number of halogens is 2. The van der Waals surface area contributed by atoms with Crippen molar-refractivity contribution in [3.63, 3.8) is 0 Å². The Morgan fingerprint density at radius 3 is 2.74 bits per heavy atom. The second-order valence-corrected chi connectivity index (χ2v) is 9.63. The monoisotopic (exact) mass is 481 g/mol. The van der Waals surface area contributed by atoms with Gasteiger partial charge in [0.25, 0.3) is 6.43 Å². The van der Waals surface area contributed by atoms with Crippen LogP contribution in [0.1, 0.15) is 56.7 Å². The summed E-state index contributed by atoms with van der Waals surface area (Å²) in [6, 6.07) is 2.44. The highest BCUT2D eigenvalue weighted by Gasteiger charge is 2.39. The fourth-order valence-corrected chi connectivity index (χ4v) is 5.65. The molecule has 182 valence electrons. The first-order valence-corrected chi connectivity index (χ1v) is 12.2. The van der Waals surface area contributed by atoms with E-state index in [9.17, 15) is 8.78 Å². The van der Waals surface area contributed by atoms with Crippen molar-refractivity contribution in [2.45, 2.75) is 63.1 Å². The maximum Gasteiger partial charge on any atom is 0.284 e. The van der Waals surface area contributed by atoms with Crippen LogP contribution in [-0.2, 0) is 4.74 Å². The van der Waals surface area contributed by atoms with E-state index in [4.69, 9.17) is 9.72 Å². The van der Waals surface area contributed by atoms with Crippen LogP contribution < -0.4 is 4.90 Å². The predicted octanol–water partition coefficient (Wildman–Crippen LogP) is 3.59. The van der Waals surface area contributed by atoms with E-state index in [2.05, 4.69) is 25.4 Å². The Hall–Kier alpha value is -3.41. The maximum absolute atomic E-state index is 13.9. The summed E-state index contributed by atoms with van der Waals surface area (Å²) in [5.41, 5.74) is 1.82. The SMILES string of the molecule is FC(F)c1nn(C2CCCCC2)cc1-n1cc(-c2cnn3ccc(N4C[C@H]5C[C@@H]4CO5)nc23)nn1. The molecule has 35 heavy (non-hydrogen) atoms. The van der Waals surface area contributed by atoms with E-state index in [-0.39, 0.29) is 23.5 Å². The Kier molecular flexibility index (Phi) is 4.83. The largest absolute Gasteiger partial charge is 0.374 e. The minimum atomic E-state index is -2.71. The molecule has 2 bridgehead atoms. The zero-order chi connectivity index (χ0) is 23.5. The molecule has 2 saturated heterocycles. The first-order valence-electron chi connectivity index (χ1n) is 12.2. The van der Waals surface area contributed by atoms with Crippen molar-refractivity contribution in [1.82, 2.24) is 39.4 Å². The number of anilines is 1. The van der Waals surface area contributed by atoms with Crippen LogP contribution in [0, 0.1) is 0 Å². The number of alkyl halides is 2. The summed E-state index contributed by atoms with van der Waals surface area (Å²) >= 11 is 0. The lowest BCUT2D eigenvalue weighted by molar-refractivity contribution is 0.0989. The molecule has 0 amide bonds. The van der Waals surface area contributed by atoms with Gasteiger partial charge in [0.2, 0.25) is 0 Å². The van der Waals surface area contributed by atoms with Crippen molar-refractivity contribution in [1.29, 1.82) is 0 Å².